The van der Waals surface area contributed by atoms with E-state index in [1.54, 1.807) is 19.5 Å². The fourth-order valence-corrected chi connectivity index (χ4v) is 3.76. The molecule has 0 spiro atoms. The van der Waals surface area contributed by atoms with Gasteiger partial charge in [-0.3, -0.25) is 9.78 Å². The van der Waals surface area contributed by atoms with Gasteiger partial charge in [-0.25, -0.2) is 4.98 Å². The van der Waals surface area contributed by atoms with Crippen LogP contribution in [0.3, 0.4) is 0 Å². The van der Waals surface area contributed by atoms with Crippen molar-refractivity contribution < 1.29 is 13.9 Å². The molecule has 2 aromatic heterocycles. The van der Waals surface area contributed by atoms with Gasteiger partial charge in [-0.1, -0.05) is 18.2 Å². The fourth-order valence-electron chi connectivity index (χ4n) is 3.76. The van der Waals surface area contributed by atoms with Gasteiger partial charge in [0.1, 0.15) is 17.2 Å². The molecule has 6 heteroatoms. The summed E-state index contributed by atoms with van der Waals surface area (Å²) in [7, 11) is 1.66. The van der Waals surface area contributed by atoms with E-state index in [-0.39, 0.29) is 11.8 Å². The Hall–Kier alpha value is -3.15. The highest BCUT2D eigenvalue weighted by Gasteiger charge is 2.29. The molecule has 0 unspecified atom stereocenters. The van der Waals surface area contributed by atoms with E-state index < -0.39 is 0 Å². The van der Waals surface area contributed by atoms with Gasteiger partial charge in [0.25, 0.3) is 5.91 Å². The smallest absolute Gasteiger partial charge is 0.272 e. The molecule has 0 bridgehead atoms. The molecule has 1 fully saturated rings. The topological polar surface area (TPSA) is 68.5 Å². The minimum atomic E-state index is -0.0159. The van der Waals surface area contributed by atoms with Crippen LogP contribution in [0.4, 0.5) is 0 Å². The molecule has 150 valence electrons. The number of piperidine rings is 1. The second-order valence-electron chi connectivity index (χ2n) is 7.45. The van der Waals surface area contributed by atoms with E-state index in [0.29, 0.717) is 24.6 Å². The fraction of sp³-hybridized carbons (Fsp3) is 0.348. The molecule has 0 N–H and O–H groups in total. The van der Waals surface area contributed by atoms with Crippen LogP contribution in [-0.4, -0.2) is 41.0 Å². The number of aryl methyl sites for hydroxylation is 1. The number of oxazole rings is 1. The lowest BCUT2D eigenvalue weighted by molar-refractivity contribution is 0.0691. The highest BCUT2D eigenvalue weighted by Crippen LogP contribution is 2.28. The highest BCUT2D eigenvalue weighted by molar-refractivity contribution is 5.93. The summed E-state index contributed by atoms with van der Waals surface area (Å²) in [6, 6.07) is 11.7. The zero-order valence-electron chi connectivity index (χ0n) is 16.8. The molecule has 0 aliphatic carbocycles. The number of amides is 1. The minimum absolute atomic E-state index is 0.0159. The summed E-state index contributed by atoms with van der Waals surface area (Å²) in [5.74, 6) is 2.47. The monoisotopic (exact) mass is 391 g/mol. The molecular weight excluding hydrogens is 366 g/mol. The molecule has 1 atom stereocenters. The van der Waals surface area contributed by atoms with Crippen LogP contribution in [0.2, 0.25) is 0 Å². The maximum absolute atomic E-state index is 12.9. The second kappa shape index (κ2) is 8.47. The zero-order chi connectivity index (χ0) is 20.2. The van der Waals surface area contributed by atoms with E-state index in [4.69, 9.17) is 9.15 Å². The summed E-state index contributed by atoms with van der Waals surface area (Å²) >= 11 is 0. The number of ether oxygens (including phenoxy) is 1. The van der Waals surface area contributed by atoms with Crippen LogP contribution in [0.15, 0.2) is 53.2 Å². The molecule has 1 aliphatic heterocycles. The third kappa shape index (κ3) is 4.31. The number of aromatic nitrogens is 2. The van der Waals surface area contributed by atoms with E-state index >= 15 is 0 Å². The van der Waals surface area contributed by atoms with Crippen LogP contribution in [-0.2, 0) is 6.42 Å². The Labute approximate surface area is 170 Å². The number of carbonyl (C=O) groups is 1. The van der Waals surface area contributed by atoms with Crippen molar-refractivity contribution in [1.29, 1.82) is 0 Å². The molecular formula is C23H25N3O3. The maximum atomic E-state index is 12.9. The predicted molar refractivity (Wildman–Crippen MR) is 109 cm³/mol. The Balaban J connectivity index is 1.43. The van der Waals surface area contributed by atoms with Crippen molar-refractivity contribution in [1.82, 2.24) is 14.9 Å². The van der Waals surface area contributed by atoms with Gasteiger partial charge in [-0.05, 0) is 49.1 Å². The van der Waals surface area contributed by atoms with Gasteiger partial charge >= 0.3 is 0 Å². The summed E-state index contributed by atoms with van der Waals surface area (Å²) in [5.41, 5.74) is 2.57. The van der Waals surface area contributed by atoms with Gasteiger partial charge in [0.05, 0.1) is 19.2 Å². The zero-order valence-corrected chi connectivity index (χ0v) is 16.8. The first-order valence-electron chi connectivity index (χ1n) is 9.92. The molecule has 6 nitrogen and oxygen atoms in total. The minimum Gasteiger partial charge on any atom is -0.497 e. The number of methoxy groups -OCH3 is 1. The molecule has 29 heavy (non-hydrogen) atoms. The van der Waals surface area contributed by atoms with Crippen molar-refractivity contribution in [2.24, 2.45) is 0 Å². The molecule has 1 amide bonds. The molecule has 3 heterocycles. The SMILES string of the molecule is COc1ccc(Cc2cnc([C@@H]3CCCN(C(=O)c4ncccc4C)C3)o2)cc1. The Morgan fingerprint density at radius 3 is 2.83 bits per heavy atom. The summed E-state index contributed by atoms with van der Waals surface area (Å²) in [5, 5.41) is 0. The molecule has 3 aromatic rings. The third-order valence-corrected chi connectivity index (χ3v) is 5.38. The van der Waals surface area contributed by atoms with Crippen LogP contribution >= 0.6 is 0 Å². The molecule has 4 rings (SSSR count). The lowest BCUT2D eigenvalue weighted by Crippen LogP contribution is -2.39. The van der Waals surface area contributed by atoms with Crippen LogP contribution < -0.4 is 4.74 Å². The number of benzene rings is 1. The molecule has 1 saturated heterocycles. The van der Waals surface area contributed by atoms with E-state index in [1.165, 1.54) is 0 Å². The summed E-state index contributed by atoms with van der Waals surface area (Å²) in [6.45, 7) is 3.27. The van der Waals surface area contributed by atoms with Crippen molar-refractivity contribution in [2.75, 3.05) is 20.2 Å². The van der Waals surface area contributed by atoms with E-state index in [0.717, 1.165) is 42.0 Å². The molecule has 0 radical (unpaired) electrons. The summed E-state index contributed by atoms with van der Waals surface area (Å²) < 4.78 is 11.2. The summed E-state index contributed by atoms with van der Waals surface area (Å²) in [6.07, 6.45) is 6.04. The van der Waals surface area contributed by atoms with Crippen molar-refractivity contribution in [3.05, 3.63) is 77.3 Å². The van der Waals surface area contributed by atoms with Gasteiger partial charge in [0.2, 0.25) is 0 Å². The Morgan fingerprint density at radius 1 is 1.24 bits per heavy atom. The van der Waals surface area contributed by atoms with Gasteiger partial charge in [-0.15, -0.1) is 0 Å². The standard InChI is InChI=1S/C23H25N3O3/c1-16-5-3-11-24-21(16)23(27)26-12-4-6-18(15-26)22-25-14-20(29-22)13-17-7-9-19(28-2)10-8-17/h3,5,7-11,14,18H,4,6,12-13,15H2,1-2H3/t18-/m1/s1. The molecule has 1 aliphatic rings. The van der Waals surface area contributed by atoms with E-state index in [1.807, 2.05) is 48.2 Å². The van der Waals surface area contributed by atoms with Crippen LogP contribution in [0.5, 0.6) is 5.75 Å². The second-order valence-corrected chi connectivity index (χ2v) is 7.45. The average molecular weight is 391 g/mol. The lowest BCUT2D eigenvalue weighted by Gasteiger charge is -2.31. The van der Waals surface area contributed by atoms with Crippen molar-refractivity contribution >= 4 is 5.91 Å². The third-order valence-electron chi connectivity index (χ3n) is 5.38. The first-order chi connectivity index (χ1) is 14.1. The first kappa shape index (κ1) is 19.2. The number of hydrogen-bond donors (Lipinski definition) is 0. The van der Waals surface area contributed by atoms with Gasteiger partial charge in [0, 0.05) is 25.7 Å². The normalized spacial score (nSPS) is 16.6. The van der Waals surface area contributed by atoms with E-state index in [9.17, 15) is 4.79 Å². The molecule has 1 aromatic carbocycles. The van der Waals surface area contributed by atoms with Gasteiger partial charge < -0.3 is 14.1 Å². The highest BCUT2D eigenvalue weighted by atomic mass is 16.5. The van der Waals surface area contributed by atoms with Crippen molar-refractivity contribution in [2.45, 2.75) is 32.1 Å². The number of nitrogens with zero attached hydrogens (tertiary/aromatic N) is 3. The number of pyridine rings is 1. The predicted octanol–water partition coefficient (Wildman–Crippen LogP) is 4.00. The quantitative estimate of drug-likeness (QED) is 0.658. The summed E-state index contributed by atoms with van der Waals surface area (Å²) in [4.78, 5) is 23.6. The van der Waals surface area contributed by atoms with Crippen LogP contribution in [0.1, 0.15) is 52.0 Å². The van der Waals surface area contributed by atoms with Crippen molar-refractivity contribution in [3.8, 4) is 5.75 Å². The molecule has 0 saturated carbocycles. The first-order valence-corrected chi connectivity index (χ1v) is 9.92. The maximum Gasteiger partial charge on any atom is 0.272 e. The van der Waals surface area contributed by atoms with Crippen LogP contribution in [0, 0.1) is 6.92 Å². The average Bonchev–Trinajstić information content (AvgIpc) is 3.23. The Morgan fingerprint density at radius 2 is 2.07 bits per heavy atom. The number of likely N-dealkylation sites (tertiary alicyclic amines) is 1. The Kier molecular flexibility index (Phi) is 5.60. The number of carbonyl (C=O) groups excluding carboxylic acids is 1. The largest absolute Gasteiger partial charge is 0.497 e. The van der Waals surface area contributed by atoms with E-state index in [2.05, 4.69) is 9.97 Å². The number of rotatable bonds is 5. The van der Waals surface area contributed by atoms with Gasteiger partial charge in [0.15, 0.2) is 5.89 Å². The van der Waals surface area contributed by atoms with Crippen LogP contribution in [0.25, 0.3) is 0 Å². The Bertz CT molecular complexity index is 981. The van der Waals surface area contributed by atoms with Gasteiger partial charge in [-0.2, -0.15) is 0 Å². The lowest BCUT2D eigenvalue weighted by atomic mass is 9.97. The number of hydrogen-bond acceptors (Lipinski definition) is 5. The van der Waals surface area contributed by atoms with Crippen molar-refractivity contribution in [3.63, 3.8) is 0 Å².